The Labute approximate surface area is 130 Å². The van der Waals surface area contributed by atoms with Gasteiger partial charge in [0.05, 0.1) is 11.4 Å². The van der Waals surface area contributed by atoms with Crippen LogP contribution in [0.3, 0.4) is 0 Å². The van der Waals surface area contributed by atoms with Crippen molar-refractivity contribution < 1.29 is 0 Å². The molecule has 3 rings (SSSR count). The molecular formula is C18H22N4. The van der Waals surface area contributed by atoms with E-state index in [0.29, 0.717) is 12.5 Å². The van der Waals surface area contributed by atoms with E-state index in [1.165, 1.54) is 10.8 Å². The number of benzene rings is 2. The summed E-state index contributed by atoms with van der Waals surface area (Å²) in [4.78, 5) is 0. The minimum absolute atomic E-state index is 0.424. The SMILES string of the molecule is CCC(CC)c1c(CN)nnn1-c1cccc2ccccc12. The van der Waals surface area contributed by atoms with Gasteiger partial charge in [-0.2, -0.15) is 0 Å². The van der Waals surface area contributed by atoms with E-state index in [1.807, 2.05) is 4.68 Å². The topological polar surface area (TPSA) is 56.7 Å². The lowest BCUT2D eigenvalue weighted by Crippen LogP contribution is -2.11. The summed E-state index contributed by atoms with van der Waals surface area (Å²) in [6.07, 6.45) is 2.11. The first-order chi connectivity index (χ1) is 10.8. The summed E-state index contributed by atoms with van der Waals surface area (Å²) in [6.45, 7) is 4.83. The third-order valence-electron chi connectivity index (χ3n) is 4.34. The molecule has 1 heterocycles. The first kappa shape index (κ1) is 14.7. The second-order valence-corrected chi connectivity index (χ2v) is 5.55. The predicted molar refractivity (Wildman–Crippen MR) is 90.1 cm³/mol. The highest BCUT2D eigenvalue weighted by atomic mass is 15.4. The lowest BCUT2D eigenvalue weighted by molar-refractivity contribution is 0.591. The van der Waals surface area contributed by atoms with E-state index in [1.54, 1.807) is 0 Å². The largest absolute Gasteiger partial charge is 0.325 e. The molecule has 114 valence electrons. The Hall–Kier alpha value is -2.20. The highest BCUT2D eigenvalue weighted by Crippen LogP contribution is 2.30. The van der Waals surface area contributed by atoms with Gasteiger partial charge in [-0.1, -0.05) is 55.5 Å². The molecule has 0 saturated heterocycles. The number of aromatic nitrogens is 3. The molecule has 22 heavy (non-hydrogen) atoms. The Morgan fingerprint density at radius 1 is 1.05 bits per heavy atom. The lowest BCUT2D eigenvalue weighted by atomic mass is 9.97. The van der Waals surface area contributed by atoms with Crippen LogP contribution >= 0.6 is 0 Å². The van der Waals surface area contributed by atoms with Gasteiger partial charge >= 0.3 is 0 Å². The fourth-order valence-corrected chi connectivity index (χ4v) is 3.12. The molecule has 3 aromatic rings. The van der Waals surface area contributed by atoms with Crippen molar-refractivity contribution in [3.05, 3.63) is 53.9 Å². The molecule has 4 nitrogen and oxygen atoms in total. The fraction of sp³-hybridized carbons (Fsp3) is 0.333. The van der Waals surface area contributed by atoms with Crippen LogP contribution < -0.4 is 5.73 Å². The van der Waals surface area contributed by atoms with E-state index in [2.05, 4.69) is 66.6 Å². The third kappa shape index (κ3) is 2.40. The molecule has 0 spiro atoms. The highest BCUT2D eigenvalue weighted by molar-refractivity contribution is 5.90. The first-order valence-electron chi connectivity index (χ1n) is 7.92. The zero-order valence-corrected chi connectivity index (χ0v) is 13.2. The quantitative estimate of drug-likeness (QED) is 0.779. The Balaban J connectivity index is 2.25. The van der Waals surface area contributed by atoms with E-state index in [4.69, 9.17) is 5.73 Å². The average molecular weight is 294 g/mol. The molecule has 0 amide bonds. The molecule has 0 bridgehead atoms. The Kier molecular flexibility index (Phi) is 4.20. The van der Waals surface area contributed by atoms with E-state index in [9.17, 15) is 0 Å². The standard InChI is InChI=1S/C18H22N4/c1-3-13(4-2)18-16(12-19)20-21-22(18)17-11-7-9-14-8-5-6-10-15(14)17/h5-11,13H,3-4,12,19H2,1-2H3. The van der Waals surface area contributed by atoms with Crippen LogP contribution in [0.25, 0.3) is 16.5 Å². The number of rotatable bonds is 5. The summed E-state index contributed by atoms with van der Waals surface area (Å²) in [5.41, 5.74) is 9.02. The first-order valence-corrected chi connectivity index (χ1v) is 7.92. The summed E-state index contributed by atoms with van der Waals surface area (Å²) in [6, 6.07) is 14.7. The van der Waals surface area contributed by atoms with Gasteiger partial charge in [0.25, 0.3) is 0 Å². The van der Waals surface area contributed by atoms with Crippen molar-refractivity contribution in [3.63, 3.8) is 0 Å². The molecule has 0 unspecified atom stereocenters. The molecule has 0 atom stereocenters. The second-order valence-electron chi connectivity index (χ2n) is 5.55. The molecule has 0 saturated carbocycles. The van der Waals surface area contributed by atoms with E-state index in [0.717, 1.165) is 29.9 Å². The van der Waals surface area contributed by atoms with Crippen LogP contribution in [0.15, 0.2) is 42.5 Å². The molecule has 0 aliphatic heterocycles. The van der Waals surface area contributed by atoms with Gasteiger partial charge in [0, 0.05) is 17.8 Å². The highest BCUT2D eigenvalue weighted by Gasteiger charge is 2.21. The van der Waals surface area contributed by atoms with Crippen molar-refractivity contribution in [3.8, 4) is 5.69 Å². The van der Waals surface area contributed by atoms with Gasteiger partial charge < -0.3 is 5.73 Å². The molecule has 1 aromatic heterocycles. The monoisotopic (exact) mass is 294 g/mol. The van der Waals surface area contributed by atoms with E-state index < -0.39 is 0 Å². The van der Waals surface area contributed by atoms with Gasteiger partial charge in [-0.15, -0.1) is 5.10 Å². The molecule has 0 aliphatic carbocycles. The smallest absolute Gasteiger partial charge is 0.100 e. The number of fused-ring (bicyclic) bond motifs is 1. The molecule has 0 radical (unpaired) electrons. The maximum absolute atomic E-state index is 5.89. The van der Waals surface area contributed by atoms with Crippen molar-refractivity contribution in [2.45, 2.75) is 39.2 Å². The minimum Gasteiger partial charge on any atom is -0.325 e. The molecule has 2 N–H and O–H groups in total. The summed E-state index contributed by atoms with van der Waals surface area (Å²) in [5, 5.41) is 11.1. The van der Waals surface area contributed by atoms with Gasteiger partial charge in [0.1, 0.15) is 5.69 Å². The molecule has 2 aromatic carbocycles. The van der Waals surface area contributed by atoms with E-state index in [-0.39, 0.29) is 0 Å². The average Bonchev–Trinajstić information content (AvgIpc) is 2.99. The fourth-order valence-electron chi connectivity index (χ4n) is 3.12. The Morgan fingerprint density at radius 3 is 2.50 bits per heavy atom. The number of hydrogen-bond acceptors (Lipinski definition) is 3. The van der Waals surface area contributed by atoms with Crippen LogP contribution in [0.1, 0.15) is 44.0 Å². The third-order valence-corrected chi connectivity index (χ3v) is 4.34. The minimum atomic E-state index is 0.424. The van der Waals surface area contributed by atoms with Gasteiger partial charge in [-0.3, -0.25) is 0 Å². The molecule has 4 heteroatoms. The Morgan fingerprint density at radius 2 is 1.77 bits per heavy atom. The van der Waals surface area contributed by atoms with Crippen molar-refractivity contribution in [1.82, 2.24) is 15.0 Å². The van der Waals surface area contributed by atoms with Gasteiger partial charge in [0.15, 0.2) is 0 Å². The molecular weight excluding hydrogens is 272 g/mol. The normalized spacial score (nSPS) is 11.5. The number of nitrogens with zero attached hydrogens (tertiary/aromatic N) is 3. The van der Waals surface area contributed by atoms with Crippen LogP contribution in [0.4, 0.5) is 0 Å². The summed E-state index contributed by atoms with van der Waals surface area (Å²) in [7, 11) is 0. The summed E-state index contributed by atoms with van der Waals surface area (Å²) >= 11 is 0. The molecule has 0 fully saturated rings. The van der Waals surface area contributed by atoms with Gasteiger partial charge in [-0.05, 0) is 24.3 Å². The van der Waals surface area contributed by atoms with E-state index >= 15 is 0 Å². The Bertz CT molecular complexity index is 766. The predicted octanol–water partition coefficient (Wildman–Crippen LogP) is 3.78. The van der Waals surface area contributed by atoms with Crippen LogP contribution in [0.2, 0.25) is 0 Å². The van der Waals surface area contributed by atoms with Gasteiger partial charge in [-0.25, -0.2) is 4.68 Å². The van der Waals surface area contributed by atoms with Crippen molar-refractivity contribution in [1.29, 1.82) is 0 Å². The maximum atomic E-state index is 5.89. The zero-order valence-electron chi connectivity index (χ0n) is 13.2. The zero-order chi connectivity index (χ0) is 15.5. The number of nitrogens with two attached hydrogens (primary N) is 1. The summed E-state index contributed by atoms with van der Waals surface area (Å²) < 4.78 is 1.99. The van der Waals surface area contributed by atoms with Crippen LogP contribution in [-0.4, -0.2) is 15.0 Å². The van der Waals surface area contributed by atoms with Gasteiger partial charge in [0.2, 0.25) is 0 Å². The van der Waals surface area contributed by atoms with Crippen molar-refractivity contribution in [2.24, 2.45) is 5.73 Å². The summed E-state index contributed by atoms with van der Waals surface area (Å²) in [5.74, 6) is 0.424. The van der Waals surface area contributed by atoms with Crippen molar-refractivity contribution in [2.75, 3.05) is 0 Å². The number of hydrogen-bond donors (Lipinski definition) is 1. The maximum Gasteiger partial charge on any atom is 0.100 e. The lowest BCUT2D eigenvalue weighted by Gasteiger charge is -2.17. The van der Waals surface area contributed by atoms with Crippen LogP contribution in [0, 0.1) is 0 Å². The van der Waals surface area contributed by atoms with Crippen molar-refractivity contribution >= 4 is 10.8 Å². The van der Waals surface area contributed by atoms with Crippen LogP contribution in [-0.2, 0) is 6.54 Å². The molecule has 0 aliphatic rings. The second kappa shape index (κ2) is 6.28. The van der Waals surface area contributed by atoms with Crippen LogP contribution in [0.5, 0.6) is 0 Å².